The average Bonchev–Trinajstić information content (AvgIpc) is 2.19. The van der Waals surface area contributed by atoms with E-state index in [1.54, 1.807) is 0 Å². The summed E-state index contributed by atoms with van der Waals surface area (Å²) in [4.78, 5) is 10.2. The summed E-state index contributed by atoms with van der Waals surface area (Å²) in [7, 11) is 0. The molecule has 0 atom stereocenters. The van der Waals surface area contributed by atoms with Crippen LogP contribution in [0.1, 0.15) is 13.3 Å². The van der Waals surface area contributed by atoms with E-state index < -0.39 is 4.92 Å². The predicted octanol–water partition coefficient (Wildman–Crippen LogP) is 2.65. The highest BCUT2D eigenvalue weighted by molar-refractivity contribution is 6.33. The van der Waals surface area contributed by atoms with Gasteiger partial charge in [0.15, 0.2) is 0 Å². The summed E-state index contributed by atoms with van der Waals surface area (Å²) in [6, 6.07) is 2.74. The van der Waals surface area contributed by atoms with E-state index in [2.05, 4.69) is 5.32 Å². The quantitative estimate of drug-likeness (QED) is 0.473. The average molecular weight is 230 g/mol. The molecule has 0 bridgehead atoms. The fourth-order valence-corrected chi connectivity index (χ4v) is 1.29. The van der Waals surface area contributed by atoms with Crippen LogP contribution in [0, 0.1) is 10.1 Å². The molecule has 0 aliphatic carbocycles. The lowest BCUT2D eigenvalue weighted by molar-refractivity contribution is -0.383. The maximum atomic E-state index is 10.7. The molecule has 0 radical (unpaired) electrons. The number of benzene rings is 1. The third kappa shape index (κ3) is 2.73. The molecule has 0 fully saturated rings. The molecule has 0 saturated heterocycles. The van der Waals surface area contributed by atoms with Gasteiger partial charge in [0.2, 0.25) is 0 Å². The van der Waals surface area contributed by atoms with Gasteiger partial charge in [0.05, 0.1) is 15.6 Å². The molecule has 0 heterocycles. The molecule has 0 aliphatic rings. The lowest BCUT2D eigenvalue weighted by Gasteiger charge is -2.07. The van der Waals surface area contributed by atoms with Crippen LogP contribution in [0.2, 0.25) is 5.02 Å². The van der Waals surface area contributed by atoms with Gasteiger partial charge in [-0.2, -0.15) is 0 Å². The Labute approximate surface area is 92.4 Å². The van der Waals surface area contributed by atoms with Crippen molar-refractivity contribution in [3.05, 3.63) is 27.3 Å². The number of nitro benzene ring substituents is 1. The van der Waals surface area contributed by atoms with Crippen LogP contribution in [0.4, 0.5) is 17.1 Å². The normalized spacial score (nSPS) is 10.0. The van der Waals surface area contributed by atoms with Gasteiger partial charge < -0.3 is 11.1 Å². The van der Waals surface area contributed by atoms with Crippen LogP contribution in [0.3, 0.4) is 0 Å². The maximum absolute atomic E-state index is 10.7. The molecule has 1 rings (SSSR count). The third-order valence-electron chi connectivity index (χ3n) is 1.88. The molecule has 0 saturated carbocycles. The van der Waals surface area contributed by atoms with Crippen molar-refractivity contribution < 1.29 is 4.92 Å². The Balaban J connectivity index is 3.10. The number of nitrogen functional groups attached to an aromatic ring is 1. The van der Waals surface area contributed by atoms with Gasteiger partial charge in [-0.3, -0.25) is 10.1 Å². The van der Waals surface area contributed by atoms with Gasteiger partial charge in [-0.1, -0.05) is 18.5 Å². The lowest BCUT2D eigenvalue weighted by Crippen LogP contribution is -2.04. The van der Waals surface area contributed by atoms with E-state index in [1.165, 1.54) is 12.1 Å². The first kappa shape index (κ1) is 11.6. The number of hydrogen-bond acceptors (Lipinski definition) is 4. The standard InChI is InChI=1S/C9H12ClN3O2/c1-2-3-12-8-5-7(11)6(10)4-9(8)13(14)15/h4-5,12H,2-3,11H2,1H3. The molecule has 0 aromatic heterocycles. The van der Waals surface area contributed by atoms with E-state index in [4.69, 9.17) is 17.3 Å². The van der Waals surface area contributed by atoms with Crippen LogP contribution in [0.15, 0.2) is 12.1 Å². The number of rotatable bonds is 4. The van der Waals surface area contributed by atoms with Crippen molar-refractivity contribution in [3.8, 4) is 0 Å². The summed E-state index contributed by atoms with van der Waals surface area (Å²) in [5.74, 6) is 0. The molecular formula is C9H12ClN3O2. The van der Waals surface area contributed by atoms with Gasteiger partial charge in [-0.25, -0.2) is 0 Å². The van der Waals surface area contributed by atoms with Crippen LogP contribution in [-0.4, -0.2) is 11.5 Å². The van der Waals surface area contributed by atoms with Crippen LogP contribution < -0.4 is 11.1 Å². The maximum Gasteiger partial charge on any atom is 0.293 e. The van der Waals surface area contributed by atoms with Crippen molar-refractivity contribution in [2.45, 2.75) is 13.3 Å². The molecule has 0 aliphatic heterocycles. The molecule has 3 N–H and O–H groups in total. The van der Waals surface area contributed by atoms with E-state index in [9.17, 15) is 10.1 Å². The van der Waals surface area contributed by atoms with Crippen molar-refractivity contribution in [1.82, 2.24) is 0 Å². The first-order chi connectivity index (χ1) is 7.06. The van der Waals surface area contributed by atoms with E-state index in [0.29, 0.717) is 17.9 Å². The lowest BCUT2D eigenvalue weighted by atomic mass is 10.2. The second kappa shape index (κ2) is 4.84. The molecular weight excluding hydrogens is 218 g/mol. The van der Waals surface area contributed by atoms with Crippen molar-refractivity contribution in [2.75, 3.05) is 17.6 Å². The van der Waals surface area contributed by atoms with Crippen LogP contribution >= 0.6 is 11.6 Å². The number of nitrogens with zero attached hydrogens (tertiary/aromatic N) is 1. The highest BCUT2D eigenvalue weighted by atomic mass is 35.5. The van der Waals surface area contributed by atoms with E-state index in [1.807, 2.05) is 6.92 Å². The Morgan fingerprint density at radius 3 is 2.80 bits per heavy atom. The van der Waals surface area contributed by atoms with Crippen LogP contribution in [0.5, 0.6) is 0 Å². The van der Waals surface area contributed by atoms with E-state index in [-0.39, 0.29) is 10.7 Å². The van der Waals surface area contributed by atoms with Gasteiger partial charge in [-0.05, 0) is 12.5 Å². The monoisotopic (exact) mass is 229 g/mol. The molecule has 15 heavy (non-hydrogen) atoms. The second-order valence-electron chi connectivity index (χ2n) is 3.07. The number of hydrogen-bond donors (Lipinski definition) is 2. The van der Waals surface area contributed by atoms with E-state index in [0.717, 1.165) is 6.42 Å². The molecule has 1 aromatic rings. The van der Waals surface area contributed by atoms with Gasteiger partial charge in [0.25, 0.3) is 5.69 Å². The summed E-state index contributed by atoms with van der Waals surface area (Å²) in [6.07, 6.45) is 0.875. The van der Waals surface area contributed by atoms with Crippen molar-refractivity contribution in [2.24, 2.45) is 0 Å². The van der Waals surface area contributed by atoms with Crippen LogP contribution in [0.25, 0.3) is 0 Å². The Morgan fingerprint density at radius 2 is 2.27 bits per heavy atom. The zero-order valence-corrected chi connectivity index (χ0v) is 9.04. The third-order valence-corrected chi connectivity index (χ3v) is 2.20. The number of nitrogens with one attached hydrogen (secondary N) is 1. The molecule has 5 nitrogen and oxygen atoms in total. The Bertz CT molecular complexity index is 382. The molecule has 1 aromatic carbocycles. The van der Waals surface area contributed by atoms with E-state index >= 15 is 0 Å². The topological polar surface area (TPSA) is 81.2 Å². The molecule has 0 spiro atoms. The Kier molecular flexibility index (Phi) is 3.74. The number of nitrogens with two attached hydrogens (primary N) is 1. The predicted molar refractivity (Wildman–Crippen MR) is 61.3 cm³/mol. The zero-order valence-electron chi connectivity index (χ0n) is 8.29. The summed E-state index contributed by atoms with van der Waals surface area (Å²) >= 11 is 5.71. The molecule has 0 unspecified atom stereocenters. The second-order valence-corrected chi connectivity index (χ2v) is 3.48. The number of anilines is 2. The minimum absolute atomic E-state index is 0.0531. The first-order valence-electron chi connectivity index (χ1n) is 4.53. The fraction of sp³-hybridized carbons (Fsp3) is 0.333. The van der Waals surface area contributed by atoms with Gasteiger partial charge in [0.1, 0.15) is 5.69 Å². The van der Waals surface area contributed by atoms with Crippen molar-refractivity contribution >= 4 is 28.7 Å². The Hall–Kier alpha value is -1.49. The highest BCUT2D eigenvalue weighted by Crippen LogP contribution is 2.32. The summed E-state index contributed by atoms with van der Waals surface area (Å²) in [6.45, 7) is 2.63. The minimum Gasteiger partial charge on any atom is -0.397 e. The summed E-state index contributed by atoms with van der Waals surface area (Å²) in [5.41, 5.74) is 6.25. The van der Waals surface area contributed by atoms with Crippen molar-refractivity contribution in [1.29, 1.82) is 0 Å². The van der Waals surface area contributed by atoms with Crippen LogP contribution in [-0.2, 0) is 0 Å². The summed E-state index contributed by atoms with van der Waals surface area (Å²) < 4.78 is 0. The first-order valence-corrected chi connectivity index (χ1v) is 4.91. The van der Waals surface area contributed by atoms with Gasteiger partial charge in [0, 0.05) is 12.6 Å². The Morgan fingerprint density at radius 1 is 1.60 bits per heavy atom. The molecule has 6 heteroatoms. The van der Waals surface area contributed by atoms with Crippen molar-refractivity contribution in [3.63, 3.8) is 0 Å². The zero-order chi connectivity index (χ0) is 11.4. The fourth-order valence-electron chi connectivity index (χ4n) is 1.13. The van der Waals surface area contributed by atoms with Gasteiger partial charge >= 0.3 is 0 Å². The largest absolute Gasteiger partial charge is 0.397 e. The molecule has 82 valence electrons. The highest BCUT2D eigenvalue weighted by Gasteiger charge is 2.15. The SMILES string of the molecule is CCCNc1cc(N)c(Cl)cc1[N+](=O)[O-]. The van der Waals surface area contributed by atoms with Gasteiger partial charge in [-0.15, -0.1) is 0 Å². The number of nitro groups is 1. The molecule has 0 amide bonds. The number of halogens is 1. The minimum atomic E-state index is -0.483. The summed E-state index contributed by atoms with van der Waals surface area (Å²) in [5, 5.41) is 13.8. The smallest absolute Gasteiger partial charge is 0.293 e.